The van der Waals surface area contributed by atoms with Crippen LogP contribution in [0.2, 0.25) is 0 Å². The number of aromatic nitrogens is 2. The number of benzene rings is 1. The number of nitrogens with zero attached hydrogens (tertiary/aromatic N) is 3. The van der Waals surface area contributed by atoms with E-state index in [1.54, 1.807) is 20.0 Å². The van der Waals surface area contributed by atoms with E-state index in [9.17, 15) is 8.78 Å². The number of hydrogen-bond donors (Lipinski definition) is 1. The van der Waals surface area contributed by atoms with Crippen LogP contribution in [0.3, 0.4) is 0 Å². The zero-order chi connectivity index (χ0) is 13.4. The van der Waals surface area contributed by atoms with Crippen LogP contribution in [0.25, 0.3) is 11.3 Å². The number of thiol groups is 1. The van der Waals surface area contributed by atoms with Crippen molar-refractivity contribution in [3.63, 3.8) is 0 Å². The van der Waals surface area contributed by atoms with Gasteiger partial charge in [-0.15, -0.1) is 12.6 Å². The van der Waals surface area contributed by atoms with E-state index in [0.29, 0.717) is 4.90 Å². The highest BCUT2D eigenvalue weighted by atomic mass is 32.1. The van der Waals surface area contributed by atoms with Gasteiger partial charge in [0.25, 0.3) is 0 Å². The number of hydrogen-bond acceptors (Lipinski definition) is 3. The Labute approximate surface area is 108 Å². The van der Waals surface area contributed by atoms with Gasteiger partial charge in [-0.25, -0.2) is 8.78 Å². The van der Waals surface area contributed by atoms with Crippen molar-refractivity contribution in [3.8, 4) is 17.3 Å². The largest absolute Gasteiger partial charge is 0.271 e. The van der Waals surface area contributed by atoms with Crippen molar-refractivity contribution in [2.24, 2.45) is 7.05 Å². The minimum Gasteiger partial charge on any atom is -0.271 e. The molecule has 0 aliphatic heterocycles. The third-order valence-corrected chi connectivity index (χ3v) is 3.27. The van der Waals surface area contributed by atoms with Crippen molar-refractivity contribution in [2.75, 3.05) is 0 Å². The molecule has 0 fully saturated rings. The molecule has 0 amide bonds. The molecule has 2 rings (SSSR count). The first-order valence-electron chi connectivity index (χ1n) is 5.07. The van der Waals surface area contributed by atoms with Crippen molar-refractivity contribution in [2.45, 2.75) is 11.8 Å². The quantitative estimate of drug-likeness (QED) is 0.805. The minimum atomic E-state index is -0.773. The van der Waals surface area contributed by atoms with Gasteiger partial charge in [-0.3, -0.25) is 4.68 Å². The van der Waals surface area contributed by atoms with Gasteiger partial charge in [-0.1, -0.05) is 0 Å². The third-order valence-electron chi connectivity index (χ3n) is 2.73. The number of nitriles is 1. The Morgan fingerprint density at radius 2 is 2.00 bits per heavy atom. The van der Waals surface area contributed by atoms with E-state index < -0.39 is 11.6 Å². The lowest BCUT2D eigenvalue weighted by molar-refractivity contribution is 0.598. The molecule has 92 valence electrons. The molecule has 0 saturated heterocycles. The molecule has 1 aromatic carbocycles. The molecule has 0 radical (unpaired) electrons. The van der Waals surface area contributed by atoms with Gasteiger partial charge < -0.3 is 0 Å². The summed E-state index contributed by atoms with van der Waals surface area (Å²) in [5.41, 5.74) is 0.682. The SMILES string of the molecule is Cc1c(S)c(-c2cc(F)c(C#N)cc2F)nn1C. The van der Waals surface area contributed by atoms with Gasteiger partial charge in [0, 0.05) is 18.3 Å². The second-order valence-electron chi connectivity index (χ2n) is 3.83. The van der Waals surface area contributed by atoms with E-state index >= 15 is 0 Å². The number of halogens is 2. The summed E-state index contributed by atoms with van der Waals surface area (Å²) in [7, 11) is 1.69. The Kier molecular flexibility index (Phi) is 3.09. The lowest BCUT2D eigenvalue weighted by atomic mass is 10.1. The van der Waals surface area contributed by atoms with E-state index in [2.05, 4.69) is 17.7 Å². The van der Waals surface area contributed by atoms with Gasteiger partial charge in [0.05, 0.1) is 10.5 Å². The average molecular weight is 265 g/mol. The van der Waals surface area contributed by atoms with Crippen molar-refractivity contribution in [1.82, 2.24) is 9.78 Å². The molecule has 1 heterocycles. The predicted octanol–water partition coefficient (Wildman–Crippen LogP) is 2.83. The van der Waals surface area contributed by atoms with Crippen molar-refractivity contribution in [3.05, 3.63) is 35.0 Å². The molecule has 0 atom stereocenters. The zero-order valence-corrected chi connectivity index (χ0v) is 10.6. The molecule has 0 N–H and O–H groups in total. The first-order valence-corrected chi connectivity index (χ1v) is 5.52. The van der Waals surface area contributed by atoms with Crippen LogP contribution >= 0.6 is 12.6 Å². The maximum atomic E-state index is 13.8. The highest BCUT2D eigenvalue weighted by Crippen LogP contribution is 2.31. The summed E-state index contributed by atoms with van der Waals surface area (Å²) in [6.07, 6.45) is 0. The Bertz CT molecular complexity index is 671. The second-order valence-corrected chi connectivity index (χ2v) is 4.28. The molecule has 0 unspecified atom stereocenters. The van der Waals surface area contributed by atoms with Gasteiger partial charge >= 0.3 is 0 Å². The molecular weight excluding hydrogens is 256 g/mol. The van der Waals surface area contributed by atoms with E-state index in [4.69, 9.17) is 5.26 Å². The Morgan fingerprint density at radius 1 is 1.33 bits per heavy atom. The number of aryl methyl sites for hydroxylation is 1. The number of rotatable bonds is 1. The second kappa shape index (κ2) is 4.42. The molecule has 0 spiro atoms. The Hall–Kier alpha value is -1.87. The van der Waals surface area contributed by atoms with Crippen LogP contribution in [0, 0.1) is 29.9 Å². The van der Waals surface area contributed by atoms with Gasteiger partial charge in [-0.05, 0) is 19.1 Å². The van der Waals surface area contributed by atoms with Crippen LogP contribution in [0.5, 0.6) is 0 Å². The topological polar surface area (TPSA) is 41.6 Å². The summed E-state index contributed by atoms with van der Waals surface area (Å²) in [6.45, 7) is 1.77. The molecule has 2 aromatic rings. The minimum absolute atomic E-state index is 0.000185. The average Bonchev–Trinajstić information content (AvgIpc) is 2.59. The fourth-order valence-electron chi connectivity index (χ4n) is 1.59. The molecular formula is C12H9F2N3S. The smallest absolute Gasteiger partial charge is 0.141 e. The highest BCUT2D eigenvalue weighted by Gasteiger charge is 2.18. The summed E-state index contributed by atoms with van der Waals surface area (Å²) >= 11 is 4.24. The fraction of sp³-hybridized carbons (Fsp3) is 0.167. The maximum Gasteiger partial charge on any atom is 0.141 e. The monoisotopic (exact) mass is 265 g/mol. The molecule has 3 nitrogen and oxygen atoms in total. The lowest BCUT2D eigenvalue weighted by Crippen LogP contribution is -1.94. The van der Waals surface area contributed by atoms with Crippen LogP contribution in [0.15, 0.2) is 17.0 Å². The van der Waals surface area contributed by atoms with Crippen molar-refractivity contribution in [1.29, 1.82) is 5.26 Å². The normalized spacial score (nSPS) is 10.4. The van der Waals surface area contributed by atoms with Crippen LogP contribution in [0.4, 0.5) is 8.78 Å². The van der Waals surface area contributed by atoms with Gasteiger partial charge in [0.2, 0.25) is 0 Å². The van der Waals surface area contributed by atoms with E-state index in [1.165, 1.54) is 4.68 Å². The molecule has 0 aliphatic carbocycles. The summed E-state index contributed by atoms with van der Waals surface area (Å²) in [4.78, 5) is 0.487. The van der Waals surface area contributed by atoms with Crippen LogP contribution in [-0.4, -0.2) is 9.78 Å². The summed E-state index contributed by atoms with van der Waals surface area (Å²) < 4.78 is 28.9. The third kappa shape index (κ3) is 1.87. The molecule has 0 bridgehead atoms. The Balaban J connectivity index is 2.69. The van der Waals surface area contributed by atoms with Crippen molar-refractivity contribution < 1.29 is 8.78 Å². The summed E-state index contributed by atoms with van der Waals surface area (Å²) in [6, 6.07) is 3.42. The molecule has 0 aliphatic rings. The predicted molar refractivity (Wildman–Crippen MR) is 65.3 cm³/mol. The van der Waals surface area contributed by atoms with E-state index in [0.717, 1.165) is 17.8 Å². The fourth-order valence-corrected chi connectivity index (χ4v) is 1.90. The van der Waals surface area contributed by atoms with Gasteiger partial charge in [-0.2, -0.15) is 10.4 Å². The first kappa shape index (κ1) is 12.6. The van der Waals surface area contributed by atoms with Gasteiger partial charge in [0.1, 0.15) is 23.4 Å². The van der Waals surface area contributed by atoms with Crippen molar-refractivity contribution >= 4 is 12.6 Å². The summed E-state index contributed by atoms with van der Waals surface area (Å²) in [5.74, 6) is -1.47. The van der Waals surface area contributed by atoms with E-state index in [-0.39, 0.29) is 16.8 Å². The summed E-state index contributed by atoms with van der Waals surface area (Å²) in [5, 5.41) is 12.7. The van der Waals surface area contributed by atoms with Crippen LogP contribution in [-0.2, 0) is 7.05 Å². The molecule has 18 heavy (non-hydrogen) atoms. The standard InChI is InChI=1S/C12H9F2N3S/c1-6-12(18)11(16-17(6)2)8-4-9(13)7(5-15)3-10(8)14/h3-4,18H,1-2H3. The van der Waals surface area contributed by atoms with Crippen LogP contribution in [0.1, 0.15) is 11.3 Å². The highest BCUT2D eigenvalue weighted by molar-refractivity contribution is 7.80. The maximum absolute atomic E-state index is 13.8. The molecule has 6 heteroatoms. The molecule has 1 aromatic heterocycles. The van der Waals surface area contributed by atoms with E-state index in [1.807, 2.05) is 0 Å². The Morgan fingerprint density at radius 3 is 2.50 bits per heavy atom. The van der Waals surface area contributed by atoms with Crippen LogP contribution < -0.4 is 0 Å². The van der Waals surface area contributed by atoms with Gasteiger partial charge in [0.15, 0.2) is 0 Å². The zero-order valence-electron chi connectivity index (χ0n) is 9.70. The molecule has 0 saturated carbocycles. The lowest BCUT2D eigenvalue weighted by Gasteiger charge is -2.02. The first-order chi connectivity index (χ1) is 8.45.